The van der Waals surface area contributed by atoms with Gasteiger partial charge in [-0.3, -0.25) is 4.79 Å². The van der Waals surface area contributed by atoms with Gasteiger partial charge in [0.2, 0.25) is 0 Å². The van der Waals surface area contributed by atoms with Crippen LogP contribution in [0.2, 0.25) is 0 Å². The average Bonchev–Trinajstić information content (AvgIpc) is 2.36. The molecule has 1 amide bonds. The highest BCUT2D eigenvalue weighted by molar-refractivity contribution is 5.95. The largest absolute Gasteiger partial charge is 0.368 e. The lowest BCUT2D eigenvalue weighted by molar-refractivity contribution is 0.0774. The smallest absolute Gasteiger partial charge is 0.256 e. The molecule has 1 aromatic rings. The molecule has 0 aliphatic heterocycles. The van der Waals surface area contributed by atoms with Gasteiger partial charge in [-0.15, -0.1) is 0 Å². The molecule has 1 heterocycles. The second-order valence-corrected chi connectivity index (χ2v) is 5.03. The minimum atomic E-state index is -0.573. The summed E-state index contributed by atoms with van der Waals surface area (Å²) in [5.74, 6) is -0.396. The van der Waals surface area contributed by atoms with Crippen molar-refractivity contribution < 1.29 is 9.18 Å². The molecule has 0 unspecified atom stereocenters. The molecule has 0 bridgehead atoms. The van der Waals surface area contributed by atoms with Gasteiger partial charge in [0.1, 0.15) is 0 Å². The molecule has 4 nitrogen and oxygen atoms in total. The highest BCUT2D eigenvalue weighted by atomic mass is 19.1. The number of halogens is 1. The standard InChI is InChI=1S/C14H22FN3O/c1-5-7-16-13-12(15)11(6-8-17-13)14(19)18(4)9-10(2)3/h6,8,10H,5,7,9H2,1-4H3,(H,16,17). The zero-order chi connectivity index (χ0) is 14.4. The molecule has 19 heavy (non-hydrogen) atoms. The molecule has 5 heteroatoms. The van der Waals surface area contributed by atoms with E-state index in [-0.39, 0.29) is 17.3 Å². The Balaban J connectivity index is 2.91. The topological polar surface area (TPSA) is 45.2 Å². The predicted molar refractivity (Wildman–Crippen MR) is 74.8 cm³/mol. The molecule has 0 fully saturated rings. The summed E-state index contributed by atoms with van der Waals surface area (Å²) in [5.41, 5.74) is 0.0664. The normalized spacial score (nSPS) is 10.6. The third kappa shape index (κ3) is 4.19. The fraction of sp³-hybridized carbons (Fsp3) is 0.571. The Morgan fingerprint density at radius 3 is 2.79 bits per heavy atom. The number of nitrogens with zero attached hydrogens (tertiary/aromatic N) is 2. The summed E-state index contributed by atoms with van der Waals surface area (Å²) in [6.07, 6.45) is 2.32. The molecule has 0 spiro atoms. The van der Waals surface area contributed by atoms with E-state index in [2.05, 4.69) is 10.3 Å². The Kier molecular flexibility index (Phi) is 5.73. The van der Waals surface area contributed by atoms with Crippen molar-refractivity contribution in [3.63, 3.8) is 0 Å². The van der Waals surface area contributed by atoms with Crippen LogP contribution in [0.4, 0.5) is 10.2 Å². The maximum atomic E-state index is 14.2. The Hall–Kier alpha value is -1.65. The van der Waals surface area contributed by atoms with Crippen LogP contribution in [0.25, 0.3) is 0 Å². The number of pyridine rings is 1. The van der Waals surface area contributed by atoms with Crippen LogP contribution in [-0.2, 0) is 0 Å². The van der Waals surface area contributed by atoms with Gasteiger partial charge in [0, 0.05) is 26.3 Å². The van der Waals surface area contributed by atoms with Crippen LogP contribution < -0.4 is 5.32 Å². The van der Waals surface area contributed by atoms with Crippen molar-refractivity contribution in [2.45, 2.75) is 27.2 Å². The molecule has 0 aromatic carbocycles. The van der Waals surface area contributed by atoms with Crippen LogP contribution in [0.5, 0.6) is 0 Å². The first-order chi connectivity index (χ1) is 8.97. The van der Waals surface area contributed by atoms with Gasteiger partial charge in [0.05, 0.1) is 5.56 Å². The summed E-state index contributed by atoms with van der Waals surface area (Å²) in [6, 6.07) is 1.42. The molecule has 0 saturated heterocycles. The molecule has 1 rings (SSSR count). The Bertz CT molecular complexity index is 435. The van der Waals surface area contributed by atoms with E-state index in [0.29, 0.717) is 19.0 Å². The highest BCUT2D eigenvalue weighted by Gasteiger charge is 2.19. The SMILES string of the molecule is CCCNc1nccc(C(=O)N(C)CC(C)C)c1F. The minimum absolute atomic E-state index is 0.0664. The van der Waals surface area contributed by atoms with Crippen LogP contribution >= 0.6 is 0 Å². The van der Waals surface area contributed by atoms with Gasteiger partial charge in [0.25, 0.3) is 5.91 Å². The van der Waals surface area contributed by atoms with Gasteiger partial charge in [0.15, 0.2) is 11.6 Å². The van der Waals surface area contributed by atoms with Crippen molar-refractivity contribution in [1.82, 2.24) is 9.88 Å². The summed E-state index contributed by atoms with van der Waals surface area (Å²) in [7, 11) is 1.68. The van der Waals surface area contributed by atoms with E-state index in [1.165, 1.54) is 17.2 Å². The Labute approximate surface area is 114 Å². The summed E-state index contributed by atoms with van der Waals surface area (Å²) < 4.78 is 14.2. The van der Waals surface area contributed by atoms with Crippen molar-refractivity contribution in [1.29, 1.82) is 0 Å². The molecule has 0 radical (unpaired) electrons. The van der Waals surface area contributed by atoms with E-state index in [0.717, 1.165) is 6.42 Å². The third-order valence-corrected chi connectivity index (χ3v) is 2.65. The van der Waals surface area contributed by atoms with Gasteiger partial charge in [-0.2, -0.15) is 0 Å². The fourth-order valence-electron chi connectivity index (χ4n) is 1.81. The molecule has 0 aliphatic rings. The van der Waals surface area contributed by atoms with Crippen LogP contribution in [0.1, 0.15) is 37.6 Å². The van der Waals surface area contributed by atoms with E-state index < -0.39 is 5.82 Å². The molecule has 1 N–H and O–H groups in total. The van der Waals surface area contributed by atoms with E-state index >= 15 is 0 Å². The number of rotatable bonds is 6. The van der Waals surface area contributed by atoms with Gasteiger partial charge < -0.3 is 10.2 Å². The second kappa shape index (κ2) is 7.07. The van der Waals surface area contributed by atoms with E-state index in [1.54, 1.807) is 7.05 Å². The molecule has 1 aromatic heterocycles. The van der Waals surface area contributed by atoms with Gasteiger partial charge in [-0.1, -0.05) is 20.8 Å². The van der Waals surface area contributed by atoms with E-state index in [9.17, 15) is 9.18 Å². The van der Waals surface area contributed by atoms with Crippen LogP contribution in [0, 0.1) is 11.7 Å². The average molecular weight is 267 g/mol. The summed E-state index contributed by atoms with van der Waals surface area (Å²) in [4.78, 5) is 17.6. The third-order valence-electron chi connectivity index (χ3n) is 2.65. The van der Waals surface area contributed by atoms with Crippen molar-refractivity contribution in [2.24, 2.45) is 5.92 Å². The Morgan fingerprint density at radius 2 is 2.21 bits per heavy atom. The lowest BCUT2D eigenvalue weighted by Crippen LogP contribution is -2.31. The van der Waals surface area contributed by atoms with Crippen LogP contribution in [0.3, 0.4) is 0 Å². The second-order valence-electron chi connectivity index (χ2n) is 5.03. The number of carbonyl (C=O) groups is 1. The highest BCUT2D eigenvalue weighted by Crippen LogP contribution is 2.17. The molecule has 106 valence electrons. The molecular formula is C14H22FN3O. The summed E-state index contributed by atoms with van der Waals surface area (Å²) >= 11 is 0. The number of hydrogen-bond donors (Lipinski definition) is 1. The molecule has 0 saturated carbocycles. The minimum Gasteiger partial charge on any atom is -0.368 e. The number of nitrogens with one attached hydrogen (secondary N) is 1. The van der Waals surface area contributed by atoms with Gasteiger partial charge >= 0.3 is 0 Å². The zero-order valence-electron chi connectivity index (χ0n) is 12.0. The maximum Gasteiger partial charge on any atom is 0.256 e. The van der Waals surface area contributed by atoms with E-state index in [4.69, 9.17) is 0 Å². The molecule has 0 aliphatic carbocycles. The van der Waals surface area contributed by atoms with Crippen LogP contribution in [0.15, 0.2) is 12.3 Å². The van der Waals surface area contributed by atoms with Gasteiger partial charge in [-0.25, -0.2) is 9.37 Å². The van der Waals surface area contributed by atoms with Crippen molar-refractivity contribution in [3.05, 3.63) is 23.6 Å². The zero-order valence-corrected chi connectivity index (χ0v) is 12.0. The van der Waals surface area contributed by atoms with E-state index in [1.807, 2.05) is 20.8 Å². The summed E-state index contributed by atoms with van der Waals surface area (Å²) in [6.45, 7) is 7.24. The van der Waals surface area contributed by atoms with Crippen molar-refractivity contribution >= 4 is 11.7 Å². The lowest BCUT2D eigenvalue weighted by atomic mass is 10.1. The van der Waals surface area contributed by atoms with Gasteiger partial charge in [-0.05, 0) is 18.4 Å². The molecule has 0 atom stereocenters. The quantitative estimate of drug-likeness (QED) is 0.862. The lowest BCUT2D eigenvalue weighted by Gasteiger charge is -2.20. The van der Waals surface area contributed by atoms with Crippen LogP contribution in [-0.4, -0.2) is 35.9 Å². The maximum absolute atomic E-state index is 14.2. The Morgan fingerprint density at radius 1 is 1.53 bits per heavy atom. The first-order valence-corrected chi connectivity index (χ1v) is 6.61. The molecular weight excluding hydrogens is 245 g/mol. The number of anilines is 1. The van der Waals surface area contributed by atoms with Crippen molar-refractivity contribution in [2.75, 3.05) is 25.5 Å². The monoisotopic (exact) mass is 267 g/mol. The number of amides is 1. The number of hydrogen-bond acceptors (Lipinski definition) is 3. The van der Waals surface area contributed by atoms with Crippen molar-refractivity contribution in [3.8, 4) is 0 Å². The fourth-order valence-corrected chi connectivity index (χ4v) is 1.81. The number of aromatic nitrogens is 1. The summed E-state index contributed by atoms with van der Waals surface area (Å²) in [5, 5.41) is 2.88. The predicted octanol–water partition coefficient (Wildman–Crippen LogP) is 2.77. The number of carbonyl (C=O) groups excluding carboxylic acids is 1. The first kappa shape index (κ1) is 15.4. The first-order valence-electron chi connectivity index (χ1n) is 6.61.